The zero-order valence-electron chi connectivity index (χ0n) is 9.27. The number of hydrogen-bond acceptors (Lipinski definition) is 0. The Morgan fingerprint density at radius 1 is 0.667 bits per heavy atom. The van der Waals surface area contributed by atoms with Crippen LogP contribution in [0.15, 0.2) is 60.7 Å². The van der Waals surface area contributed by atoms with E-state index < -0.39 is 0 Å². The summed E-state index contributed by atoms with van der Waals surface area (Å²) in [5.74, 6) is 1.33. The number of rotatable bonds is 2. The summed E-state index contributed by atoms with van der Waals surface area (Å²) in [6, 6.07) is 20.9. The molecule has 0 aliphatic rings. The Morgan fingerprint density at radius 2 is 1.00 bits per heavy atom. The van der Waals surface area contributed by atoms with E-state index in [1.807, 2.05) is 12.1 Å². The average molecular weight is 188 g/mol. The molecule has 0 aromatic heterocycles. The van der Waals surface area contributed by atoms with Gasteiger partial charge in [0.15, 0.2) is 0 Å². The molecule has 15 heavy (non-hydrogen) atoms. The van der Waals surface area contributed by atoms with Crippen LogP contribution in [-0.2, 0) is 0 Å². The van der Waals surface area contributed by atoms with Gasteiger partial charge >= 0.3 is 18.9 Å². The fourth-order valence-electron chi connectivity index (χ4n) is 1.54. The molecule has 1 heteroatoms. The minimum absolute atomic E-state index is 0. The van der Waals surface area contributed by atoms with E-state index >= 15 is 0 Å². The maximum absolute atomic E-state index is 2.16. The summed E-state index contributed by atoms with van der Waals surface area (Å²) in [4.78, 5) is 0. The smallest absolute Gasteiger partial charge is 0.121 e. The molecule has 0 aliphatic heterocycles. The van der Waals surface area contributed by atoms with Crippen molar-refractivity contribution in [2.45, 2.75) is 6.92 Å². The van der Waals surface area contributed by atoms with Crippen molar-refractivity contribution in [3.05, 3.63) is 77.7 Å². The van der Waals surface area contributed by atoms with Gasteiger partial charge in [0.25, 0.3) is 0 Å². The van der Waals surface area contributed by atoms with Crippen LogP contribution in [0.4, 0.5) is 0 Å². The zero-order chi connectivity index (χ0) is 9.80. The van der Waals surface area contributed by atoms with Crippen LogP contribution in [-0.4, -0.2) is 0 Å². The van der Waals surface area contributed by atoms with Gasteiger partial charge in [-0.3, -0.25) is 0 Å². The molecule has 70 valence electrons. The molecular formula is C14H13Li. The minimum Gasteiger partial charge on any atom is -0.121 e. The molecule has 0 nitrogen and oxygen atoms in total. The van der Waals surface area contributed by atoms with E-state index in [1.54, 1.807) is 0 Å². The fourth-order valence-corrected chi connectivity index (χ4v) is 1.54. The molecule has 0 heterocycles. The van der Waals surface area contributed by atoms with Crippen molar-refractivity contribution >= 4 is 0 Å². The van der Waals surface area contributed by atoms with Gasteiger partial charge in [-0.05, 0) is 0 Å². The van der Waals surface area contributed by atoms with Crippen LogP contribution < -0.4 is 18.9 Å². The van der Waals surface area contributed by atoms with Crippen LogP contribution in [0.25, 0.3) is 0 Å². The molecule has 0 fully saturated rings. The topological polar surface area (TPSA) is 0 Å². The van der Waals surface area contributed by atoms with E-state index in [0.717, 1.165) is 0 Å². The summed E-state index contributed by atoms with van der Waals surface area (Å²) in [6.07, 6.45) is 0. The molecular weight excluding hydrogens is 175 g/mol. The van der Waals surface area contributed by atoms with Crippen molar-refractivity contribution in [1.29, 1.82) is 0 Å². The molecule has 2 aromatic carbocycles. The van der Waals surface area contributed by atoms with Crippen molar-refractivity contribution in [2.75, 3.05) is 0 Å². The van der Waals surface area contributed by atoms with E-state index in [1.165, 1.54) is 17.0 Å². The normalized spacial score (nSPS) is 9.13. The second-order valence-corrected chi connectivity index (χ2v) is 3.36. The maximum Gasteiger partial charge on any atom is 1.00 e. The van der Waals surface area contributed by atoms with Gasteiger partial charge in [-0.15, -0.1) is 41.3 Å². The third-order valence-electron chi connectivity index (χ3n) is 2.41. The molecule has 0 atom stereocenters. The van der Waals surface area contributed by atoms with Crippen molar-refractivity contribution in [3.63, 3.8) is 0 Å². The van der Waals surface area contributed by atoms with Gasteiger partial charge in [0.05, 0.1) is 0 Å². The van der Waals surface area contributed by atoms with E-state index in [0.29, 0.717) is 0 Å². The molecule has 0 spiro atoms. The van der Waals surface area contributed by atoms with Crippen molar-refractivity contribution in [1.82, 2.24) is 0 Å². The summed E-state index contributed by atoms with van der Waals surface area (Å²) in [6.45, 7) is 2.16. The molecule has 0 aliphatic carbocycles. The minimum atomic E-state index is 0. The first-order valence-electron chi connectivity index (χ1n) is 4.82. The monoisotopic (exact) mass is 188 g/mol. The SMILES string of the molecule is C[C-](c1ccccc1)c1ccccc1.[Li+]. The van der Waals surface area contributed by atoms with Gasteiger partial charge in [0.1, 0.15) is 0 Å². The molecule has 0 radical (unpaired) electrons. The summed E-state index contributed by atoms with van der Waals surface area (Å²) in [7, 11) is 0. The number of benzene rings is 2. The molecule has 0 N–H and O–H groups in total. The molecule has 2 rings (SSSR count). The largest absolute Gasteiger partial charge is 1.00 e. The Labute approximate surface area is 104 Å². The van der Waals surface area contributed by atoms with E-state index in [2.05, 4.69) is 55.5 Å². The summed E-state index contributed by atoms with van der Waals surface area (Å²) < 4.78 is 0. The predicted octanol–water partition coefficient (Wildman–Crippen LogP) is 0.681. The second-order valence-electron chi connectivity index (χ2n) is 3.36. The first-order valence-corrected chi connectivity index (χ1v) is 4.82. The summed E-state index contributed by atoms with van der Waals surface area (Å²) in [5.41, 5.74) is 2.58. The van der Waals surface area contributed by atoms with E-state index in [4.69, 9.17) is 0 Å². The van der Waals surface area contributed by atoms with Gasteiger partial charge < -0.3 is 0 Å². The third kappa shape index (κ3) is 2.93. The first kappa shape index (κ1) is 12.0. The Morgan fingerprint density at radius 3 is 1.33 bits per heavy atom. The van der Waals surface area contributed by atoms with Gasteiger partial charge in [0, 0.05) is 0 Å². The molecule has 0 bridgehead atoms. The molecule has 0 saturated heterocycles. The summed E-state index contributed by atoms with van der Waals surface area (Å²) in [5, 5.41) is 0. The van der Waals surface area contributed by atoms with Crippen LogP contribution >= 0.6 is 0 Å². The zero-order valence-corrected chi connectivity index (χ0v) is 9.27. The van der Waals surface area contributed by atoms with Crippen LogP contribution in [0.5, 0.6) is 0 Å². The van der Waals surface area contributed by atoms with Crippen LogP contribution in [0.3, 0.4) is 0 Å². The van der Waals surface area contributed by atoms with E-state index in [9.17, 15) is 0 Å². The van der Waals surface area contributed by atoms with Crippen molar-refractivity contribution in [2.24, 2.45) is 0 Å². The van der Waals surface area contributed by atoms with E-state index in [-0.39, 0.29) is 18.9 Å². The fraction of sp³-hybridized carbons (Fsp3) is 0.0714. The average Bonchev–Trinajstić information content (AvgIpc) is 2.30. The van der Waals surface area contributed by atoms with Gasteiger partial charge in [-0.2, -0.15) is 0 Å². The van der Waals surface area contributed by atoms with Crippen molar-refractivity contribution in [3.8, 4) is 0 Å². The van der Waals surface area contributed by atoms with Crippen LogP contribution in [0.1, 0.15) is 18.1 Å². The molecule has 0 amide bonds. The molecule has 0 saturated carbocycles. The Balaban J connectivity index is 0.00000112. The molecule has 0 unspecified atom stereocenters. The standard InChI is InChI=1S/C14H13.Li/c1-12(13-8-4-2-5-9-13)14-10-6-3-7-11-14;/h2-11H,1H3;/q-1;+1. The number of hydrogen-bond donors (Lipinski definition) is 0. The Kier molecular flexibility index (Phi) is 4.56. The van der Waals surface area contributed by atoms with Crippen LogP contribution in [0, 0.1) is 5.92 Å². The van der Waals surface area contributed by atoms with Gasteiger partial charge in [0.2, 0.25) is 0 Å². The van der Waals surface area contributed by atoms with Crippen molar-refractivity contribution < 1.29 is 18.9 Å². The quantitative estimate of drug-likeness (QED) is 0.480. The predicted molar refractivity (Wildman–Crippen MR) is 60.0 cm³/mol. The Hall–Kier alpha value is -1.09. The van der Waals surface area contributed by atoms with Gasteiger partial charge in [-0.25, -0.2) is 0 Å². The first-order chi connectivity index (χ1) is 6.88. The van der Waals surface area contributed by atoms with Crippen LogP contribution in [0.2, 0.25) is 0 Å². The maximum atomic E-state index is 2.16. The van der Waals surface area contributed by atoms with Gasteiger partial charge in [-0.1, -0.05) is 43.3 Å². The summed E-state index contributed by atoms with van der Waals surface area (Å²) >= 11 is 0. The second kappa shape index (κ2) is 5.71. The Bertz CT molecular complexity index is 341. The molecule has 2 aromatic rings. The third-order valence-corrected chi connectivity index (χ3v) is 2.41.